The summed E-state index contributed by atoms with van der Waals surface area (Å²) in [5.41, 5.74) is 0.161. The molecule has 7 nitrogen and oxygen atoms in total. The van der Waals surface area contributed by atoms with Gasteiger partial charge in [0.1, 0.15) is 0 Å². The third kappa shape index (κ3) is 4.99. The fourth-order valence-electron chi connectivity index (χ4n) is 1.88. The number of para-hydroxylation sites is 1. The minimum atomic E-state index is -0.995. The molecule has 0 radical (unpaired) electrons. The van der Waals surface area contributed by atoms with E-state index in [2.05, 4.69) is 5.32 Å². The highest BCUT2D eigenvalue weighted by Crippen LogP contribution is 2.06. The number of nitrogens with zero attached hydrogens (tertiary/aromatic N) is 1. The highest BCUT2D eigenvalue weighted by molar-refractivity contribution is 5.91. The van der Waals surface area contributed by atoms with E-state index >= 15 is 0 Å². The molecule has 1 amide bonds. The SMILES string of the molecule is O=C(O)CCn1cccc(OCC(=O)Nc2ccccc2)c1=O. The van der Waals surface area contributed by atoms with E-state index < -0.39 is 17.4 Å². The van der Waals surface area contributed by atoms with Crippen molar-refractivity contribution < 1.29 is 19.4 Å². The number of aryl methyl sites for hydroxylation is 1. The van der Waals surface area contributed by atoms with Crippen LogP contribution in [0.3, 0.4) is 0 Å². The molecule has 0 fully saturated rings. The molecule has 2 aromatic rings. The molecule has 0 aliphatic carbocycles. The smallest absolute Gasteiger partial charge is 0.305 e. The molecule has 0 spiro atoms. The van der Waals surface area contributed by atoms with Gasteiger partial charge in [-0.1, -0.05) is 18.2 Å². The highest BCUT2D eigenvalue weighted by atomic mass is 16.5. The highest BCUT2D eigenvalue weighted by Gasteiger charge is 2.08. The number of benzene rings is 1. The molecule has 0 saturated carbocycles. The molecule has 1 aromatic carbocycles. The van der Waals surface area contributed by atoms with Crippen LogP contribution in [-0.4, -0.2) is 28.2 Å². The van der Waals surface area contributed by atoms with Crippen LogP contribution in [0.1, 0.15) is 6.42 Å². The lowest BCUT2D eigenvalue weighted by Gasteiger charge is -2.09. The number of pyridine rings is 1. The molecule has 0 bridgehead atoms. The summed E-state index contributed by atoms with van der Waals surface area (Å²) >= 11 is 0. The number of amides is 1. The number of aromatic nitrogens is 1. The van der Waals surface area contributed by atoms with Crippen molar-refractivity contribution in [3.63, 3.8) is 0 Å². The zero-order chi connectivity index (χ0) is 16.7. The standard InChI is InChI=1S/C16H16N2O5/c19-14(17-12-5-2-1-3-6-12)11-23-13-7-4-9-18(16(13)22)10-8-15(20)21/h1-7,9H,8,10-11H2,(H,17,19)(H,20,21). The Hall–Kier alpha value is -3.09. The van der Waals surface area contributed by atoms with Gasteiger partial charge in [-0.05, 0) is 24.3 Å². The Morgan fingerprint density at radius 2 is 1.87 bits per heavy atom. The van der Waals surface area contributed by atoms with Crippen LogP contribution in [0.15, 0.2) is 53.5 Å². The van der Waals surface area contributed by atoms with Crippen LogP contribution >= 0.6 is 0 Å². The monoisotopic (exact) mass is 316 g/mol. The summed E-state index contributed by atoms with van der Waals surface area (Å²) in [6.45, 7) is -0.269. The van der Waals surface area contributed by atoms with Crippen molar-refractivity contribution >= 4 is 17.6 Å². The van der Waals surface area contributed by atoms with E-state index in [1.165, 1.54) is 16.8 Å². The fourth-order valence-corrected chi connectivity index (χ4v) is 1.88. The quantitative estimate of drug-likeness (QED) is 0.803. The number of carbonyl (C=O) groups is 2. The Morgan fingerprint density at radius 3 is 2.57 bits per heavy atom. The second-order valence-corrected chi connectivity index (χ2v) is 4.72. The van der Waals surface area contributed by atoms with Crippen molar-refractivity contribution in [3.8, 4) is 5.75 Å². The number of hydrogen-bond acceptors (Lipinski definition) is 4. The summed E-state index contributed by atoms with van der Waals surface area (Å²) in [6.07, 6.45) is 1.31. The van der Waals surface area contributed by atoms with E-state index in [0.717, 1.165) is 0 Å². The number of carboxylic acid groups (broad SMARTS) is 1. The van der Waals surface area contributed by atoms with Gasteiger partial charge in [0.15, 0.2) is 12.4 Å². The van der Waals surface area contributed by atoms with E-state index in [1.807, 2.05) is 6.07 Å². The predicted molar refractivity (Wildman–Crippen MR) is 83.5 cm³/mol. The average molecular weight is 316 g/mol. The number of rotatable bonds is 7. The van der Waals surface area contributed by atoms with Crippen LogP contribution in [0.25, 0.3) is 0 Å². The van der Waals surface area contributed by atoms with Crippen molar-refractivity contribution in [1.82, 2.24) is 4.57 Å². The largest absolute Gasteiger partial charge is 0.481 e. The molecule has 120 valence electrons. The van der Waals surface area contributed by atoms with Gasteiger partial charge in [-0.15, -0.1) is 0 Å². The second-order valence-electron chi connectivity index (χ2n) is 4.72. The summed E-state index contributed by atoms with van der Waals surface area (Å²) in [7, 11) is 0. The van der Waals surface area contributed by atoms with Crippen molar-refractivity contribution in [1.29, 1.82) is 0 Å². The summed E-state index contributed by atoms with van der Waals surface area (Å²) in [5, 5.41) is 11.3. The Balaban J connectivity index is 1.95. The molecule has 7 heteroatoms. The molecular formula is C16H16N2O5. The molecule has 0 aliphatic heterocycles. The third-order valence-electron chi connectivity index (χ3n) is 2.97. The molecule has 23 heavy (non-hydrogen) atoms. The lowest BCUT2D eigenvalue weighted by Crippen LogP contribution is -2.26. The van der Waals surface area contributed by atoms with Gasteiger partial charge in [-0.25, -0.2) is 0 Å². The zero-order valence-electron chi connectivity index (χ0n) is 12.3. The van der Waals surface area contributed by atoms with Gasteiger partial charge in [0.05, 0.1) is 6.42 Å². The number of ether oxygens (including phenoxy) is 1. The number of carbonyl (C=O) groups excluding carboxylic acids is 1. The lowest BCUT2D eigenvalue weighted by molar-refractivity contribution is -0.137. The number of aliphatic carboxylic acids is 1. The topological polar surface area (TPSA) is 97.6 Å². The van der Waals surface area contributed by atoms with Gasteiger partial charge >= 0.3 is 5.97 Å². The van der Waals surface area contributed by atoms with Gasteiger partial charge in [0, 0.05) is 18.4 Å². The Labute approximate surface area is 132 Å². The van der Waals surface area contributed by atoms with E-state index in [9.17, 15) is 14.4 Å². The number of anilines is 1. The number of carboxylic acids is 1. The maximum Gasteiger partial charge on any atom is 0.305 e. The van der Waals surface area contributed by atoms with E-state index in [0.29, 0.717) is 5.69 Å². The van der Waals surface area contributed by atoms with Crippen LogP contribution in [0, 0.1) is 0 Å². The molecule has 0 aliphatic rings. The summed E-state index contributed by atoms with van der Waals surface area (Å²) in [5.74, 6) is -1.39. The van der Waals surface area contributed by atoms with Crippen molar-refractivity contribution in [2.24, 2.45) is 0 Å². The fraction of sp³-hybridized carbons (Fsp3) is 0.188. The Bertz CT molecular complexity index is 740. The van der Waals surface area contributed by atoms with E-state index in [1.54, 1.807) is 30.3 Å². The van der Waals surface area contributed by atoms with Crippen LogP contribution in [0.5, 0.6) is 5.75 Å². The molecule has 1 heterocycles. The summed E-state index contributed by atoms with van der Waals surface area (Å²) in [6, 6.07) is 11.9. The minimum Gasteiger partial charge on any atom is -0.481 e. The molecule has 0 atom stereocenters. The normalized spacial score (nSPS) is 10.1. The van der Waals surface area contributed by atoms with Gasteiger partial charge < -0.3 is 19.7 Å². The summed E-state index contributed by atoms with van der Waals surface area (Å²) in [4.78, 5) is 34.4. The molecule has 0 unspecified atom stereocenters. The van der Waals surface area contributed by atoms with Gasteiger partial charge in [-0.3, -0.25) is 14.4 Å². The maximum atomic E-state index is 12.1. The Kier molecular flexibility index (Phi) is 5.51. The van der Waals surface area contributed by atoms with E-state index in [4.69, 9.17) is 9.84 Å². The number of hydrogen-bond donors (Lipinski definition) is 2. The van der Waals surface area contributed by atoms with Crippen molar-refractivity contribution in [2.45, 2.75) is 13.0 Å². The first-order valence-corrected chi connectivity index (χ1v) is 6.95. The summed E-state index contributed by atoms with van der Waals surface area (Å²) < 4.78 is 6.46. The van der Waals surface area contributed by atoms with Gasteiger partial charge in [0.25, 0.3) is 11.5 Å². The molecule has 2 rings (SSSR count). The van der Waals surface area contributed by atoms with Crippen molar-refractivity contribution in [3.05, 3.63) is 59.0 Å². The van der Waals surface area contributed by atoms with Crippen LogP contribution in [0.4, 0.5) is 5.69 Å². The van der Waals surface area contributed by atoms with Gasteiger partial charge in [-0.2, -0.15) is 0 Å². The molecule has 2 N–H and O–H groups in total. The zero-order valence-corrected chi connectivity index (χ0v) is 12.3. The first kappa shape index (κ1) is 16.3. The molecular weight excluding hydrogens is 300 g/mol. The second kappa shape index (κ2) is 7.79. The molecule has 0 saturated heterocycles. The predicted octanol–water partition coefficient (Wildman–Crippen LogP) is 1.34. The Morgan fingerprint density at radius 1 is 1.13 bits per heavy atom. The average Bonchev–Trinajstić information content (AvgIpc) is 2.53. The lowest BCUT2D eigenvalue weighted by atomic mass is 10.3. The maximum absolute atomic E-state index is 12.1. The third-order valence-corrected chi connectivity index (χ3v) is 2.97. The van der Waals surface area contributed by atoms with Crippen LogP contribution < -0.4 is 15.6 Å². The van der Waals surface area contributed by atoms with Gasteiger partial charge in [0.2, 0.25) is 0 Å². The van der Waals surface area contributed by atoms with Crippen molar-refractivity contribution in [2.75, 3.05) is 11.9 Å². The first-order chi connectivity index (χ1) is 11.1. The first-order valence-electron chi connectivity index (χ1n) is 6.95. The van der Waals surface area contributed by atoms with Crippen LogP contribution in [0.2, 0.25) is 0 Å². The number of nitrogens with one attached hydrogen (secondary N) is 1. The molecule has 1 aromatic heterocycles. The van der Waals surface area contributed by atoms with Crippen LogP contribution in [-0.2, 0) is 16.1 Å². The van der Waals surface area contributed by atoms with E-state index in [-0.39, 0.29) is 25.3 Å². The minimum absolute atomic E-state index is 0.00102.